The van der Waals surface area contributed by atoms with E-state index in [9.17, 15) is 19.1 Å². The molecule has 1 aromatic carbocycles. The van der Waals surface area contributed by atoms with Gasteiger partial charge in [-0.05, 0) is 37.8 Å². The number of methoxy groups -OCH3 is 1. The number of rotatable bonds is 6. The Balaban J connectivity index is 1.62. The zero-order valence-electron chi connectivity index (χ0n) is 18.4. The highest BCUT2D eigenvalue weighted by atomic mass is 35.5. The third kappa shape index (κ3) is 4.10. The molecule has 1 aromatic heterocycles. The predicted molar refractivity (Wildman–Crippen MR) is 124 cm³/mol. The molecule has 0 radical (unpaired) electrons. The predicted octanol–water partition coefficient (Wildman–Crippen LogP) is 3.31. The third-order valence-corrected chi connectivity index (χ3v) is 7.77. The van der Waals surface area contributed by atoms with Gasteiger partial charge in [0.1, 0.15) is 17.9 Å². The van der Waals surface area contributed by atoms with Crippen LogP contribution < -0.4 is 5.32 Å². The van der Waals surface area contributed by atoms with Gasteiger partial charge in [-0.2, -0.15) is 0 Å². The number of nitrogens with zero attached hydrogens (tertiary/aromatic N) is 3. The second-order valence-corrected chi connectivity index (χ2v) is 9.94. The first-order valence-electron chi connectivity index (χ1n) is 10.8. The highest BCUT2D eigenvalue weighted by Gasteiger charge is 2.54. The number of carboxylic acids is 1. The largest absolute Gasteiger partial charge is 0.480 e. The highest BCUT2D eigenvalue weighted by molar-refractivity contribution is 7.11. The number of nitrogens with one attached hydrogen (secondary N) is 1. The van der Waals surface area contributed by atoms with Crippen molar-refractivity contribution in [2.24, 2.45) is 10.9 Å². The summed E-state index contributed by atoms with van der Waals surface area (Å²) in [5.41, 5.74) is 1.94. The zero-order chi connectivity index (χ0) is 24.1. The molecule has 0 spiro atoms. The van der Waals surface area contributed by atoms with Crippen molar-refractivity contribution in [1.29, 1.82) is 0 Å². The van der Waals surface area contributed by atoms with E-state index in [1.807, 2.05) is 17.2 Å². The van der Waals surface area contributed by atoms with E-state index in [4.69, 9.17) is 21.3 Å². The van der Waals surface area contributed by atoms with E-state index >= 15 is 0 Å². The Bertz CT molecular complexity index is 1250. The normalized spacial score (nSPS) is 26.1. The van der Waals surface area contributed by atoms with E-state index in [1.165, 1.54) is 36.6 Å². The van der Waals surface area contributed by atoms with Crippen LogP contribution >= 0.6 is 22.9 Å². The van der Waals surface area contributed by atoms with Gasteiger partial charge >= 0.3 is 11.9 Å². The van der Waals surface area contributed by atoms with Gasteiger partial charge in [0, 0.05) is 39.9 Å². The second kappa shape index (κ2) is 8.75. The van der Waals surface area contributed by atoms with Gasteiger partial charge in [-0.3, -0.25) is 14.7 Å². The van der Waals surface area contributed by atoms with Crippen molar-refractivity contribution in [3.8, 4) is 0 Å². The number of aliphatic imine (C=N–C) groups is 1. The summed E-state index contributed by atoms with van der Waals surface area (Å²) in [5.74, 6) is -1.23. The lowest BCUT2D eigenvalue weighted by Gasteiger charge is -2.31. The van der Waals surface area contributed by atoms with Crippen LogP contribution in [0.5, 0.6) is 0 Å². The van der Waals surface area contributed by atoms with E-state index in [2.05, 4.69) is 10.3 Å². The number of carbonyl (C=O) groups excluding carboxylic acids is 1. The van der Waals surface area contributed by atoms with Gasteiger partial charge in [0.15, 0.2) is 10.8 Å². The number of aliphatic carboxylic acids is 1. The number of aromatic nitrogens is 1. The molecule has 3 heterocycles. The molecule has 5 rings (SSSR count). The summed E-state index contributed by atoms with van der Waals surface area (Å²) in [6.07, 6.45) is 1.52. The number of fused-ring (bicyclic) bond motifs is 1. The Kier molecular flexibility index (Phi) is 5.91. The van der Waals surface area contributed by atoms with Gasteiger partial charge in [0.2, 0.25) is 0 Å². The zero-order valence-corrected chi connectivity index (χ0v) is 20.0. The maximum atomic E-state index is 13.8. The number of amidine groups is 1. The fourth-order valence-electron chi connectivity index (χ4n) is 4.79. The molecular formula is C23H22ClFN4O4S. The number of thiazole rings is 1. The average Bonchev–Trinajstić information content (AvgIpc) is 3.28. The van der Waals surface area contributed by atoms with Gasteiger partial charge in [-0.1, -0.05) is 17.7 Å². The standard InChI is InChI=1S/C23H22ClFN4O4S/c1-10-9-34-21(26-10)20-27-15(8-29-16-5-11(16)6-17(29)22(30)31)18(23(32)33-2)19(28-20)13-4-3-12(25)7-14(13)24/h3-4,7,9,11,16-17,19H,5-6,8H2,1-2H3,(H,27,28)(H,30,31)/t11-,16-,17+,19+/m1/s1. The fraction of sp³-hybridized carbons (Fsp3) is 0.391. The molecule has 11 heteroatoms. The number of carbonyl (C=O) groups is 2. The molecule has 8 nitrogen and oxygen atoms in total. The molecule has 34 heavy (non-hydrogen) atoms. The molecule has 178 valence electrons. The molecule has 0 amide bonds. The monoisotopic (exact) mass is 504 g/mol. The molecule has 1 saturated heterocycles. The lowest BCUT2D eigenvalue weighted by molar-refractivity contribution is -0.142. The van der Waals surface area contributed by atoms with E-state index in [0.29, 0.717) is 34.4 Å². The fourth-order valence-corrected chi connectivity index (χ4v) is 5.81. The molecule has 0 unspecified atom stereocenters. The van der Waals surface area contributed by atoms with Gasteiger partial charge in [0.25, 0.3) is 0 Å². The van der Waals surface area contributed by atoms with E-state index in [0.717, 1.165) is 12.1 Å². The highest BCUT2D eigenvalue weighted by Crippen LogP contribution is 2.48. The van der Waals surface area contributed by atoms with Gasteiger partial charge in [-0.25, -0.2) is 14.2 Å². The maximum Gasteiger partial charge on any atom is 0.338 e. The van der Waals surface area contributed by atoms with Crippen LogP contribution in [0.4, 0.5) is 4.39 Å². The smallest absolute Gasteiger partial charge is 0.338 e. The minimum Gasteiger partial charge on any atom is -0.480 e. The van der Waals surface area contributed by atoms with Crippen molar-refractivity contribution >= 4 is 40.7 Å². The van der Waals surface area contributed by atoms with Crippen LogP contribution in [0.25, 0.3) is 0 Å². The molecule has 0 bridgehead atoms. The molecule has 2 N–H and O–H groups in total. The van der Waals surface area contributed by atoms with Crippen molar-refractivity contribution in [2.75, 3.05) is 13.7 Å². The molecular weight excluding hydrogens is 483 g/mol. The summed E-state index contributed by atoms with van der Waals surface area (Å²) in [7, 11) is 1.27. The van der Waals surface area contributed by atoms with Crippen LogP contribution in [0.2, 0.25) is 5.02 Å². The van der Waals surface area contributed by atoms with Crippen LogP contribution in [0.15, 0.2) is 39.8 Å². The lowest BCUT2D eigenvalue weighted by atomic mass is 9.95. The summed E-state index contributed by atoms with van der Waals surface area (Å²) < 4.78 is 18.9. The van der Waals surface area contributed by atoms with Crippen molar-refractivity contribution in [2.45, 2.75) is 37.9 Å². The number of esters is 1. The van der Waals surface area contributed by atoms with Crippen LogP contribution in [0, 0.1) is 18.7 Å². The molecule has 3 aliphatic rings. The van der Waals surface area contributed by atoms with Crippen LogP contribution in [-0.4, -0.2) is 58.5 Å². The summed E-state index contributed by atoms with van der Waals surface area (Å²) in [6, 6.07) is 2.58. The number of carboxylic acid groups (broad SMARTS) is 1. The number of aryl methyl sites for hydroxylation is 1. The Hall–Kier alpha value is -2.82. The quantitative estimate of drug-likeness (QED) is 0.581. The molecule has 4 atom stereocenters. The van der Waals surface area contributed by atoms with Crippen molar-refractivity contribution in [3.63, 3.8) is 0 Å². The van der Waals surface area contributed by atoms with Crippen molar-refractivity contribution in [1.82, 2.24) is 15.2 Å². The van der Waals surface area contributed by atoms with Gasteiger partial charge in [-0.15, -0.1) is 11.3 Å². The summed E-state index contributed by atoms with van der Waals surface area (Å²) in [5, 5.41) is 15.6. The molecule has 1 saturated carbocycles. The minimum atomic E-state index is -0.884. The van der Waals surface area contributed by atoms with Crippen LogP contribution in [0.3, 0.4) is 0 Å². The number of piperidine rings is 1. The maximum absolute atomic E-state index is 13.8. The number of hydrogen-bond acceptors (Lipinski definition) is 8. The molecule has 2 fully saturated rings. The van der Waals surface area contributed by atoms with E-state index in [-0.39, 0.29) is 23.2 Å². The molecule has 2 aliphatic heterocycles. The number of benzene rings is 1. The Labute approximate surface area is 204 Å². The van der Waals surface area contributed by atoms with Crippen LogP contribution in [-0.2, 0) is 14.3 Å². The first-order chi connectivity index (χ1) is 16.3. The Morgan fingerprint density at radius 1 is 1.38 bits per heavy atom. The van der Waals surface area contributed by atoms with Crippen LogP contribution in [0.1, 0.15) is 35.1 Å². The van der Waals surface area contributed by atoms with E-state index < -0.39 is 29.8 Å². The first kappa shape index (κ1) is 22.9. The number of likely N-dealkylation sites (tertiary alicyclic amines) is 1. The molecule has 2 aromatic rings. The second-order valence-electron chi connectivity index (χ2n) is 8.67. The summed E-state index contributed by atoms with van der Waals surface area (Å²) >= 11 is 7.77. The number of ether oxygens (including phenoxy) is 1. The van der Waals surface area contributed by atoms with Crippen molar-refractivity contribution in [3.05, 3.63) is 62.0 Å². The lowest BCUT2D eigenvalue weighted by Crippen LogP contribution is -2.44. The number of halogens is 2. The van der Waals surface area contributed by atoms with Crippen molar-refractivity contribution < 1.29 is 23.8 Å². The SMILES string of the molecule is COC(=O)C1=C(CN2[C@@H]3C[C@@H]3C[C@H]2C(=O)O)NC(c2nc(C)cs2)=N[C@H]1c1ccc(F)cc1Cl. The average molecular weight is 505 g/mol. The van der Waals surface area contributed by atoms with Gasteiger partial charge < -0.3 is 15.2 Å². The molecule has 1 aliphatic carbocycles. The Morgan fingerprint density at radius 3 is 2.82 bits per heavy atom. The number of hydrogen-bond donors (Lipinski definition) is 2. The summed E-state index contributed by atoms with van der Waals surface area (Å²) in [6.45, 7) is 2.06. The minimum absolute atomic E-state index is 0.123. The Morgan fingerprint density at radius 2 is 2.18 bits per heavy atom. The topological polar surface area (TPSA) is 104 Å². The van der Waals surface area contributed by atoms with E-state index in [1.54, 1.807) is 0 Å². The summed E-state index contributed by atoms with van der Waals surface area (Å²) in [4.78, 5) is 36.1. The third-order valence-electron chi connectivity index (χ3n) is 6.47. The first-order valence-corrected chi connectivity index (χ1v) is 12.0. The van der Waals surface area contributed by atoms with Gasteiger partial charge in [0.05, 0.1) is 12.7 Å².